The van der Waals surface area contributed by atoms with Crippen LogP contribution in [0.3, 0.4) is 0 Å². The lowest BCUT2D eigenvalue weighted by atomic mass is 10.1. The largest absolute Gasteiger partial charge is 0.235 e. The lowest BCUT2D eigenvalue weighted by Crippen LogP contribution is -1.83. The lowest BCUT2D eigenvalue weighted by molar-refractivity contribution is 1.37. The van der Waals surface area contributed by atoms with Crippen LogP contribution in [0.2, 0.25) is 10.0 Å². The van der Waals surface area contributed by atoms with Gasteiger partial charge in [-0.1, -0.05) is 53.5 Å². The van der Waals surface area contributed by atoms with Crippen LogP contribution in [0.25, 0.3) is 22.9 Å². The Hall–Kier alpha value is -2.12. The van der Waals surface area contributed by atoms with Crippen molar-refractivity contribution in [3.05, 3.63) is 74.5 Å². The van der Waals surface area contributed by atoms with Crippen molar-refractivity contribution in [2.75, 3.05) is 0 Å². The molecule has 0 N–H and O–H groups in total. The van der Waals surface area contributed by atoms with Crippen molar-refractivity contribution >= 4 is 46.2 Å². The van der Waals surface area contributed by atoms with Crippen LogP contribution >= 0.6 is 34.5 Å². The van der Waals surface area contributed by atoms with Crippen molar-refractivity contribution in [1.29, 1.82) is 5.26 Å². The minimum absolute atomic E-state index is 0.483. The second kappa shape index (κ2) is 6.97. The second-order valence-electron chi connectivity index (χ2n) is 4.74. The summed E-state index contributed by atoms with van der Waals surface area (Å²) in [5, 5.41) is 13.3. The molecule has 112 valence electrons. The maximum Gasteiger partial charge on any atom is 0.134 e. The number of hydrogen-bond donors (Lipinski definition) is 0. The smallest absolute Gasteiger partial charge is 0.134 e. The van der Waals surface area contributed by atoms with E-state index in [-0.39, 0.29) is 0 Å². The molecule has 23 heavy (non-hydrogen) atoms. The zero-order valence-corrected chi connectivity index (χ0v) is 14.2. The fraction of sp³-hybridized carbons (Fsp3) is 0. The summed E-state index contributed by atoms with van der Waals surface area (Å²) in [7, 11) is 0. The van der Waals surface area contributed by atoms with Crippen LogP contribution in [-0.4, -0.2) is 4.98 Å². The third-order valence-electron chi connectivity index (χ3n) is 3.18. The number of halogens is 2. The minimum Gasteiger partial charge on any atom is -0.235 e. The molecule has 0 fully saturated rings. The highest BCUT2D eigenvalue weighted by atomic mass is 35.5. The zero-order chi connectivity index (χ0) is 16.2. The third kappa shape index (κ3) is 3.62. The van der Waals surface area contributed by atoms with Gasteiger partial charge in [0.25, 0.3) is 0 Å². The SMILES string of the molecule is N#C/C(=C\c1ccccc1Cl)c1nc(-c2cccc(Cl)c2)cs1. The maximum absolute atomic E-state index is 9.44. The van der Waals surface area contributed by atoms with Crippen LogP contribution in [0.1, 0.15) is 10.6 Å². The van der Waals surface area contributed by atoms with Crippen LogP contribution in [0.15, 0.2) is 53.9 Å². The first-order chi connectivity index (χ1) is 11.2. The summed E-state index contributed by atoms with van der Waals surface area (Å²) >= 11 is 13.6. The monoisotopic (exact) mass is 356 g/mol. The molecule has 1 heterocycles. The van der Waals surface area contributed by atoms with E-state index in [9.17, 15) is 5.26 Å². The number of thiazole rings is 1. The Morgan fingerprint density at radius 1 is 1.13 bits per heavy atom. The molecule has 3 rings (SSSR count). The Balaban J connectivity index is 1.98. The van der Waals surface area contributed by atoms with Crippen LogP contribution in [0, 0.1) is 11.3 Å². The van der Waals surface area contributed by atoms with Crippen LogP contribution in [0.4, 0.5) is 0 Å². The topological polar surface area (TPSA) is 36.7 Å². The predicted octanol–water partition coefficient (Wildman–Crippen LogP) is 6.18. The highest BCUT2D eigenvalue weighted by Gasteiger charge is 2.10. The summed E-state index contributed by atoms with van der Waals surface area (Å²) in [5.74, 6) is 0. The molecule has 5 heteroatoms. The summed E-state index contributed by atoms with van der Waals surface area (Å²) < 4.78 is 0. The molecule has 0 amide bonds. The molecular weight excluding hydrogens is 347 g/mol. The highest BCUT2D eigenvalue weighted by Crippen LogP contribution is 2.29. The standard InChI is InChI=1S/C18H10Cl2N2S/c19-15-6-3-5-13(9-15)17-11-23-18(22-17)14(10-21)8-12-4-1-2-7-16(12)20/h1-9,11H/b14-8+. The minimum atomic E-state index is 0.483. The van der Waals surface area contributed by atoms with Gasteiger partial charge in [-0.2, -0.15) is 5.26 Å². The van der Waals surface area contributed by atoms with Gasteiger partial charge in [0.2, 0.25) is 0 Å². The Morgan fingerprint density at radius 3 is 2.70 bits per heavy atom. The molecule has 2 nitrogen and oxygen atoms in total. The molecule has 2 aromatic carbocycles. The van der Waals surface area contributed by atoms with E-state index in [1.165, 1.54) is 11.3 Å². The van der Waals surface area contributed by atoms with Gasteiger partial charge in [-0.15, -0.1) is 11.3 Å². The van der Waals surface area contributed by atoms with Gasteiger partial charge in [-0.05, 0) is 29.8 Å². The number of benzene rings is 2. The van der Waals surface area contributed by atoms with E-state index in [1.54, 1.807) is 12.1 Å². The Kier molecular flexibility index (Phi) is 4.78. The predicted molar refractivity (Wildman–Crippen MR) is 97.5 cm³/mol. The molecule has 1 aromatic heterocycles. The lowest BCUT2D eigenvalue weighted by Gasteiger charge is -1.99. The fourth-order valence-corrected chi connectivity index (χ4v) is 3.24. The summed E-state index contributed by atoms with van der Waals surface area (Å²) in [5.41, 5.74) is 3.00. The molecule has 0 aliphatic heterocycles. The van der Waals surface area contributed by atoms with Crippen molar-refractivity contribution < 1.29 is 0 Å². The van der Waals surface area contributed by atoms with Gasteiger partial charge in [-0.25, -0.2) is 4.98 Å². The number of hydrogen-bond acceptors (Lipinski definition) is 3. The summed E-state index contributed by atoms with van der Waals surface area (Å²) in [6, 6.07) is 17.1. The van der Waals surface area contributed by atoms with Gasteiger partial charge < -0.3 is 0 Å². The molecule has 0 aliphatic rings. The van der Waals surface area contributed by atoms with Gasteiger partial charge in [0.1, 0.15) is 11.1 Å². The van der Waals surface area contributed by atoms with Crippen LogP contribution in [0.5, 0.6) is 0 Å². The van der Waals surface area contributed by atoms with Crippen molar-refractivity contribution in [3.8, 4) is 17.3 Å². The Labute approximate surface area is 148 Å². The molecule has 0 spiro atoms. The molecule has 0 saturated heterocycles. The summed E-state index contributed by atoms with van der Waals surface area (Å²) in [6.45, 7) is 0. The number of aromatic nitrogens is 1. The Bertz CT molecular complexity index is 923. The van der Waals surface area contributed by atoms with Crippen LogP contribution in [-0.2, 0) is 0 Å². The molecule has 0 radical (unpaired) electrons. The number of allylic oxidation sites excluding steroid dienone is 1. The van der Waals surface area contributed by atoms with Gasteiger partial charge in [0, 0.05) is 21.0 Å². The van der Waals surface area contributed by atoms with Gasteiger partial charge >= 0.3 is 0 Å². The van der Waals surface area contributed by atoms with Crippen molar-refractivity contribution in [2.45, 2.75) is 0 Å². The third-order valence-corrected chi connectivity index (χ3v) is 4.64. The van der Waals surface area contributed by atoms with E-state index in [0.29, 0.717) is 20.6 Å². The first-order valence-electron chi connectivity index (χ1n) is 6.75. The molecular formula is C18H10Cl2N2S. The van der Waals surface area contributed by atoms with Gasteiger partial charge in [-0.3, -0.25) is 0 Å². The van der Waals surface area contributed by atoms with Gasteiger partial charge in [0.15, 0.2) is 0 Å². The molecule has 0 unspecified atom stereocenters. The van der Waals surface area contributed by atoms with Gasteiger partial charge in [0.05, 0.1) is 11.3 Å². The summed E-state index contributed by atoms with van der Waals surface area (Å²) in [6.07, 6.45) is 1.75. The van der Waals surface area contributed by atoms with E-state index < -0.39 is 0 Å². The number of nitriles is 1. The average Bonchev–Trinajstić information content (AvgIpc) is 3.04. The molecule has 0 aliphatic carbocycles. The first-order valence-corrected chi connectivity index (χ1v) is 8.39. The van der Waals surface area contributed by atoms with E-state index in [0.717, 1.165) is 16.8 Å². The second-order valence-corrected chi connectivity index (χ2v) is 6.44. The number of rotatable bonds is 3. The van der Waals surface area contributed by atoms with Crippen molar-refractivity contribution in [3.63, 3.8) is 0 Å². The van der Waals surface area contributed by atoms with Crippen molar-refractivity contribution in [2.24, 2.45) is 0 Å². The fourth-order valence-electron chi connectivity index (χ4n) is 2.07. The average molecular weight is 357 g/mol. The van der Waals surface area contributed by atoms with E-state index in [4.69, 9.17) is 23.2 Å². The quantitative estimate of drug-likeness (QED) is 0.525. The molecule has 0 saturated carbocycles. The maximum atomic E-state index is 9.44. The highest BCUT2D eigenvalue weighted by molar-refractivity contribution is 7.11. The van der Waals surface area contributed by atoms with E-state index >= 15 is 0 Å². The number of nitrogens with zero attached hydrogens (tertiary/aromatic N) is 2. The van der Waals surface area contributed by atoms with Crippen molar-refractivity contribution in [1.82, 2.24) is 4.98 Å². The summed E-state index contributed by atoms with van der Waals surface area (Å²) in [4.78, 5) is 4.54. The Morgan fingerprint density at radius 2 is 1.96 bits per heavy atom. The van der Waals surface area contributed by atoms with E-state index in [1.807, 2.05) is 47.8 Å². The molecule has 0 bridgehead atoms. The molecule has 0 atom stereocenters. The zero-order valence-electron chi connectivity index (χ0n) is 11.8. The first kappa shape index (κ1) is 15.8. The normalized spacial score (nSPS) is 11.3. The van der Waals surface area contributed by atoms with E-state index in [2.05, 4.69) is 11.1 Å². The van der Waals surface area contributed by atoms with Crippen LogP contribution < -0.4 is 0 Å². The molecule has 3 aromatic rings.